The second-order valence-corrected chi connectivity index (χ2v) is 6.18. The number of hydrogen-bond donors (Lipinski definition) is 1. The van der Waals surface area contributed by atoms with Crippen molar-refractivity contribution in [1.29, 1.82) is 0 Å². The van der Waals surface area contributed by atoms with Crippen LogP contribution in [0.4, 0.5) is 0 Å². The van der Waals surface area contributed by atoms with Crippen molar-refractivity contribution in [3.05, 3.63) is 28.2 Å². The normalized spacial score (nSPS) is 10.8. The Labute approximate surface area is 132 Å². The highest BCUT2D eigenvalue weighted by atomic mass is 79.9. The van der Waals surface area contributed by atoms with Crippen LogP contribution in [0.3, 0.4) is 0 Å². The molecule has 0 saturated heterocycles. The topological polar surface area (TPSA) is 35.2 Å². The van der Waals surface area contributed by atoms with Crippen LogP contribution >= 0.6 is 15.9 Å². The lowest BCUT2D eigenvalue weighted by Crippen LogP contribution is -2.06. The highest BCUT2D eigenvalue weighted by Gasteiger charge is 2.04. The minimum absolute atomic E-state index is 0.657. The molecule has 0 aliphatic heterocycles. The molecule has 0 heterocycles. The van der Waals surface area contributed by atoms with E-state index in [9.17, 15) is 0 Å². The first-order valence-corrected chi connectivity index (χ1v) is 8.68. The molecule has 1 aromatic rings. The molecule has 1 rings (SSSR count). The molecule has 2 N–H and O–H groups in total. The summed E-state index contributed by atoms with van der Waals surface area (Å²) in [5.74, 6) is 0.990. The van der Waals surface area contributed by atoms with Gasteiger partial charge in [-0.2, -0.15) is 0 Å². The zero-order valence-electron chi connectivity index (χ0n) is 12.7. The van der Waals surface area contributed by atoms with Crippen molar-refractivity contribution in [2.45, 2.75) is 58.3 Å². The molecule has 0 aliphatic carbocycles. The highest BCUT2D eigenvalue weighted by Crippen LogP contribution is 2.23. The quantitative estimate of drug-likeness (QED) is 0.569. The Morgan fingerprint density at radius 1 is 1.05 bits per heavy atom. The molecule has 0 spiro atoms. The number of nitrogens with two attached hydrogens (primary N) is 1. The van der Waals surface area contributed by atoms with Gasteiger partial charge < -0.3 is 10.5 Å². The van der Waals surface area contributed by atoms with Gasteiger partial charge in [-0.3, -0.25) is 0 Å². The van der Waals surface area contributed by atoms with Crippen molar-refractivity contribution in [2.75, 3.05) is 13.2 Å². The number of rotatable bonds is 11. The minimum atomic E-state index is 0.657. The molecule has 0 atom stereocenters. The molecule has 3 heteroatoms. The van der Waals surface area contributed by atoms with E-state index in [-0.39, 0.29) is 0 Å². The predicted octanol–water partition coefficient (Wildman–Crippen LogP) is 5.08. The molecular weight excluding hydrogens is 314 g/mol. The monoisotopic (exact) mass is 341 g/mol. The highest BCUT2D eigenvalue weighted by molar-refractivity contribution is 9.10. The summed E-state index contributed by atoms with van der Waals surface area (Å²) in [6.45, 7) is 3.72. The summed E-state index contributed by atoms with van der Waals surface area (Å²) in [5.41, 5.74) is 6.84. The van der Waals surface area contributed by atoms with E-state index in [1.54, 1.807) is 0 Å². The summed E-state index contributed by atoms with van der Waals surface area (Å²) in [4.78, 5) is 0. The van der Waals surface area contributed by atoms with Crippen molar-refractivity contribution >= 4 is 15.9 Å². The summed E-state index contributed by atoms with van der Waals surface area (Å²) in [6, 6.07) is 6.17. The number of hydrogen-bond acceptors (Lipinski definition) is 2. The van der Waals surface area contributed by atoms with Gasteiger partial charge in [0.2, 0.25) is 0 Å². The molecule has 2 nitrogen and oxygen atoms in total. The maximum atomic E-state index is 5.90. The van der Waals surface area contributed by atoms with Crippen LogP contribution in [0.2, 0.25) is 0 Å². The first-order valence-electron chi connectivity index (χ1n) is 7.89. The lowest BCUT2D eigenvalue weighted by molar-refractivity contribution is 0.301. The second kappa shape index (κ2) is 11.2. The molecule has 20 heavy (non-hydrogen) atoms. The molecule has 1 aromatic carbocycles. The van der Waals surface area contributed by atoms with Gasteiger partial charge in [0, 0.05) is 4.47 Å². The van der Waals surface area contributed by atoms with E-state index in [4.69, 9.17) is 10.5 Å². The Kier molecular flexibility index (Phi) is 9.77. The van der Waals surface area contributed by atoms with Crippen molar-refractivity contribution in [3.63, 3.8) is 0 Å². The van der Waals surface area contributed by atoms with Gasteiger partial charge >= 0.3 is 0 Å². The molecule has 0 saturated carbocycles. The third-order valence-corrected chi connectivity index (χ3v) is 3.93. The van der Waals surface area contributed by atoms with Crippen LogP contribution in [0, 0.1) is 0 Å². The Morgan fingerprint density at radius 2 is 1.75 bits per heavy atom. The van der Waals surface area contributed by atoms with Crippen molar-refractivity contribution < 1.29 is 4.74 Å². The van der Waals surface area contributed by atoms with E-state index in [1.165, 1.54) is 44.1 Å². The summed E-state index contributed by atoms with van der Waals surface area (Å²) in [7, 11) is 0. The third kappa shape index (κ3) is 7.30. The Balaban J connectivity index is 2.21. The van der Waals surface area contributed by atoms with Gasteiger partial charge in [-0.1, -0.05) is 61.4 Å². The van der Waals surface area contributed by atoms with Gasteiger partial charge in [0.1, 0.15) is 5.75 Å². The molecule has 0 radical (unpaired) electrons. The van der Waals surface area contributed by atoms with Gasteiger partial charge in [0.05, 0.1) is 6.61 Å². The lowest BCUT2D eigenvalue weighted by atomic mass is 10.1. The van der Waals surface area contributed by atoms with Gasteiger partial charge in [-0.05, 0) is 43.1 Å². The molecule has 0 amide bonds. The zero-order chi connectivity index (χ0) is 14.6. The summed E-state index contributed by atoms with van der Waals surface area (Å²) >= 11 is 3.49. The Hall–Kier alpha value is -0.540. The summed E-state index contributed by atoms with van der Waals surface area (Å²) in [6.07, 6.45) is 10.0. The minimum Gasteiger partial charge on any atom is -0.493 e. The van der Waals surface area contributed by atoms with E-state index >= 15 is 0 Å². The van der Waals surface area contributed by atoms with Gasteiger partial charge in [-0.15, -0.1) is 0 Å². The number of unbranched alkanes of at least 4 members (excludes halogenated alkanes) is 6. The molecule has 0 aliphatic rings. The summed E-state index contributed by atoms with van der Waals surface area (Å²) < 4.78 is 6.98. The first kappa shape index (κ1) is 17.5. The predicted molar refractivity (Wildman–Crippen MR) is 90.4 cm³/mol. The Morgan fingerprint density at radius 3 is 2.45 bits per heavy atom. The van der Waals surface area contributed by atoms with Crippen molar-refractivity contribution in [1.82, 2.24) is 0 Å². The fourth-order valence-corrected chi connectivity index (χ4v) is 2.69. The van der Waals surface area contributed by atoms with Crippen LogP contribution in [0.1, 0.15) is 57.4 Å². The molecule has 0 fully saturated rings. The lowest BCUT2D eigenvalue weighted by Gasteiger charge is -2.11. The standard InChI is InChI=1S/C17H28BrNO/c1-2-3-4-5-6-7-8-13-20-17-10-9-16(18)14-15(17)11-12-19/h9-10,14H,2-8,11-13,19H2,1H3. The number of benzene rings is 1. The van der Waals surface area contributed by atoms with Crippen LogP contribution in [0.5, 0.6) is 5.75 Å². The Bertz CT molecular complexity index is 368. The summed E-state index contributed by atoms with van der Waals surface area (Å²) in [5, 5.41) is 0. The molecule has 0 unspecified atom stereocenters. The number of halogens is 1. The molecule has 114 valence electrons. The average molecular weight is 342 g/mol. The SMILES string of the molecule is CCCCCCCCCOc1ccc(Br)cc1CCN. The average Bonchev–Trinajstić information content (AvgIpc) is 2.44. The molecule has 0 aromatic heterocycles. The maximum Gasteiger partial charge on any atom is 0.122 e. The largest absolute Gasteiger partial charge is 0.493 e. The van der Waals surface area contributed by atoms with E-state index in [2.05, 4.69) is 28.9 Å². The van der Waals surface area contributed by atoms with Crippen LogP contribution in [0.15, 0.2) is 22.7 Å². The van der Waals surface area contributed by atoms with Gasteiger partial charge in [0.15, 0.2) is 0 Å². The van der Waals surface area contributed by atoms with E-state index in [0.717, 1.165) is 29.7 Å². The fraction of sp³-hybridized carbons (Fsp3) is 0.647. The van der Waals surface area contributed by atoms with Crippen LogP contribution in [-0.4, -0.2) is 13.2 Å². The first-order chi connectivity index (χ1) is 9.77. The van der Waals surface area contributed by atoms with E-state index < -0.39 is 0 Å². The van der Waals surface area contributed by atoms with Gasteiger partial charge in [-0.25, -0.2) is 0 Å². The zero-order valence-corrected chi connectivity index (χ0v) is 14.3. The molecule has 0 bridgehead atoms. The van der Waals surface area contributed by atoms with Crippen LogP contribution in [0.25, 0.3) is 0 Å². The van der Waals surface area contributed by atoms with Gasteiger partial charge in [0.25, 0.3) is 0 Å². The van der Waals surface area contributed by atoms with Crippen LogP contribution < -0.4 is 10.5 Å². The number of ether oxygens (including phenoxy) is 1. The molecular formula is C17H28BrNO. The third-order valence-electron chi connectivity index (χ3n) is 3.44. The van der Waals surface area contributed by atoms with Crippen molar-refractivity contribution in [2.24, 2.45) is 5.73 Å². The van der Waals surface area contributed by atoms with E-state index in [0.29, 0.717) is 6.54 Å². The smallest absolute Gasteiger partial charge is 0.122 e. The fourth-order valence-electron chi connectivity index (χ4n) is 2.28. The maximum absolute atomic E-state index is 5.90. The second-order valence-electron chi connectivity index (χ2n) is 5.26. The van der Waals surface area contributed by atoms with Crippen LogP contribution in [-0.2, 0) is 6.42 Å². The van der Waals surface area contributed by atoms with E-state index in [1.807, 2.05) is 12.1 Å². The van der Waals surface area contributed by atoms with Crippen molar-refractivity contribution in [3.8, 4) is 5.75 Å².